The number of aryl methyl sites for hydroxylation is 1. The first kappa shape index (κ1) is 13.3. The number of benzene rings is 1. The molecule has 0 radical (unpaired) electrons. The molecule has 1 unspecified atom stereocenters. The van der Waals surface area contributed by atoms with Gasteiger partial charge in [-0.3, -0.25) is 0 Å². The maximum atomic E-state index is 6.27. The fourth-order valence-electron chi connectivity index (χ4n) is 1.74. The Morgan fingerprint density at radius 2 is 2.00 bits per heavy atom. The van der Waals surface area contributed by atoms with Gasteiger partial charge in [0.05, 0.1) is 3.79 Å². The molecule has 17 heavy (non-hydrogen) atoms. The van der Waals surface area contributed by atoms with Gasteiger partial charge in [-0.2, -0.15) is 0 Å². The van der Waals surface area contributed by atoms with Crippen molar-refractivity contribution in [3.05, 3.63) is 54.6 Å². The average Bonchev–Trinajstić information content (AvgIpc) is 2.68. The van der Waals surface area contributed by atoms with Crippen molar-refractivity contribution in [3.63, 3.8) is 0 Å². The zero-order chi connectivity index (χ0) is 12.4. The first-order valence-corrected chi connectivity index (χ1v) is 7.73. The van der Waals surface area contributed by atoms with Crippen molar-refractivity contribution >= 4 is 43.2 Å². The molecule has 90 valence electrons. The molecule has 0 saturated heterocycles. The van der Waals surface area contributed by atoms with Gasteiger partial charge in [-0.15, -0.1) is 11.3 Å². The van der Waals surface area contributed by atoms with E-state index >= 15 is 0 Å². The third kappa shape index (κ3) is 3.19. The van der Waals surface area contributed by atoms with E-state index in [0.29, 0.717) is 0 Å². The summed E-state index contributed by atoms with van der Waals surface area (Å²) in [4.78, 5) is 1.30. The van der Waals surface area contributed by atoms with Crippen LogP contribution >= 0.6 is 43.2 Å². The minimum Gasteiger partial charge on any atom is -0.324 e. The molecule has 0 amide bonds. The number of hydrogen-bond donors (Lipinski definition) is 1. The molecule has 2 aromatic rings. The number of hydrogen-bond acceptors (Lipinski definition) is 2. The minimum atomic E-state index is 0.0369. The number of halogens is 2. The lowest BCUT2D eigenvalue weighted by molar-refractivity contribution is 0.725. The predicted octanol–water partition coefficient (Wildman–Crippen LogP) is 4.82. The van der Waals surface area contributed by atoms with Gasteiger partial charge in [0, 0.05) is 21.8 Å². The maximum absolute atomic E-state index is 6.27. The standard InChI is InChI=1S/C13H13Br2NS/c1-8-3-2-4-10(13(8)15)11(16)7-9-5-6-12(14)17-9/h2-6,11H,7,16H2,1H3. The Bertz CT molecular complexity index is 522. The first-order chi connectivity index (χ1) is 8.08. The minimum absolute atomic E-state index is 0.0369. The molecule has 4 heteroatoms. The average molecular weight is 375 g/mol. The molecule has 1 atom stereocenters. The molecule has 0 spiro atoms. The molecule has 1 heterocycles. The van der Waals surface area contributed by atoms with Gasteiger partial charge < -0.3 is 5.73 Å². The van der Waals surface area contributed by atoms with Crippen molar-refractivity contribution in [1.29, 1.82) is 0 Å². The van der Waals surface area contributed by atoms with Crippen LogP contribution in [0.4, 0.5) is 0 Å². The third-order valence-corrected chi connectivity index (χ3v) is 5.40. The monoisotopic (exact) mass is 373 g/mol. The summed E-state index contributed by atoms with van der Waals surface area (Å²) in [6.07, 6.45) is 0.873. The van der Waals surface area contributed by atoms with E-state index in [1.807, 2.05) is 0 Å². The Balaban J connectivity index is 2.20. The molecule has 1 aromatic carbocycles. The van der Waals surface area contributed by atoms with E-state index in [-0.39, 0.29) is 6.04 Å². The molecule has 0 fully saturated rings. The normalized spacial score (nSPS) is 12.7. The highest BCUT2D eigenvalue weighted by atomic mass is 79.9. The van der Waals surface area contributed by atoms with Crippen molar-refractivity contribution in [2.75, 3.05) is 0 Å². The summed E-state index contributed by atoms with van der Waals surface area (Å²) < 4.78 is 2.28. The summed E-state index contributed by atoms with van der Waals surface area (Å²) in [5.74, 6) is 0. The van der Waals surface area contributed by atoms with E-state index in [0.717, 1.165) is 14.7 Å². The van der Waals surface area contributed by atoms with Crippen molar-refractivity contribution < 1.29 is 0 Å². The van der Waals surface area contributed by atoms with Crippen LogP contribution in [0.15, 0.2) is 38.6 Å². The van der Waals surface area contributed by atoms with Crippen LogP contribution in [0.25, 0.3) is 0 Å². The van der Waals surface area contributed by atoms with Crippen LogP contribution in [0.3, 0.4) is 0 Å². The van der Waals surface area contributed by atoms with Crippen LogP contribution < -0.4 is 5.73 Å². The summed E-state index contributed by atoms with van der Waals surface area (Å²) in [7, 11) is 0. The Morgan fingerprint density at radius 3 is 2.65 bits per heavy atom. The van der Waals surface area contributed by atoms with Crippen LogP contribution in [0, 0.1) is 6.92 Å². The summed E-state index contributed by atoms with van der Waals surface area (Å²) in [6.45, 7) is 2.09. The molecular formula is C13H13Br2NS. The van der Waals surface area contributed by atoms with Crippen molar-refractivity contribution in [3.8, 4) is 0 Å². The second-order valence-corrected chi connectivity index (χ2v) is 7.34. The van der Waals surface area contributed by atoms with E-state index in [9.17, 15) is 0 Å². The highest BCUT2D eigenvalue weighted by Gasteiger charge is 2.12. The van der Waals surface area contributed by atoms with Crippen molar-refractivity contribution in [2.24, 2.45) is 5.73 Å². The molecule has 2 N–H and O–H groups in total. The molecular weight excluding hydrogens is 362 g/mol. The molecule has 0 aliphatic heterocycles. The smallest absolute Gasteiger partial charge is 0.0701 e. The fraction of sp³-hybridized carbons (Fsp3) is 0.231. The van der Waals surface area contributed by atoms with E-state index in [1.165, 1.54) is 16.0 Å². The Hall–Kier alpha value is -0.160. The first-order valence-electron chi connectivity index (χ1n) is 5.32. The van der Waals surface area contributed by atoms with Gasteiger partial charge in [0.15, 0.2) is 0 Å². The van der Waals surface area contributed by atoms with E-state index in [2.05, 4.69) is 69.1 Å². The molecule has 0 aliphatic carbocycles. The highest BCUT2D eigenvalue weighted by molar-refractivity contribution is 9.11. The molecule has 1 aromatic heterocycles. The Kier molecular flexibility index (Phi) is 4.42. The fourth-order valence-corrected chi connectivity index (χ4v) is 3.84. The van der Waals surface area contributed by atoms with E-state index in [1.54, 1.807) is 11.3 Å². The van der Waals surface area contributed by atoms with Crippen molar-refractivity contribution in [2.45, 2.75) is 19.4 Å². The Labute approximate surface area is 122 Å². The highest BCUT2D eigenvalue weighted by Crippen LogP contribution is 2.30. The lowest BCUT2D eigenvalue weighted by atomic mass is 10.0. The van der Waals surface area contributed by atoms with E-state index < -0.39 is 0 Å². The number of nitrogens with two attached hydrogens (primary N) is 1. The molecule has 0 saturated carbocycles. The second kappa shape index (κ2) is 5.65. The van der Waals surface area contributed by atoms with Crippen LogP contribution in [0.1, 0.15) is 22.0 Å². The quantitative estimate of drug-likeness (QED) is 0.818. The summed E-state index contributed by atoms with van der Waals surface area (Å²) in [6, 6.07) is 10.5. The van der Waals surface area contributed by atoms with Gasteiger partial charge in [0.2, 0.25) is 0 Å². The Morgan fingerprint density at radius 1 is 1.24 bits per heavy atom. The number of thiophene rings is 1. The lowest BCUT2D eigenvalue weighted by Gasteiger charge is -2.14. The van der Waals surface area contributed by atoms with Gasteiger partial charge in [-0.05, 0) is 46.1 Å². The van der Waals surface area contributed by atoms with Gasteiger partial charge >= 0.3 is 0 Å². The molecule has 0 aliphatic rings. The summed E-state index contributed by atoms with van der Waals surface area (Å²) in [5, 5.41) is 0. The van der Waals surface area contributed by atoms with Crippen LogP contribution in [0.5, 0.6) is 0 Å². The largest absolute Gasteiger partial charge is 0.324 e. The van der Waals surface area contributed by atoms with Gasteiger partial charge in [0.1, 0.15) is 0 Å². The van der Waals surface area contributed by atoms with Crippen LogP contribution in [0.2, 0.25) is 0 Å². The van der Waals surface area contributed by atoms with Crippen LogP contribution in [-0.2, 0) is 6.42 Å². The zero-order valence-corrected chi connectivity index (χ0v) is 13.4. The number of rotatable bonds is 3. The van der Waals surface area contributed by atoms with Gasteiger partial charge in [-0.1, -0.05) is 34.1 Å². The van der Waals surface area contributed by atoms with E-state index in [4.69, 9.17) is 5.73 Å². The SMILES string of the molecule is Cc1cccc(C(N)Cc2ccc(Br)s2)c1Br. The zero-order valence-electron chi connectivity index (χ0n) is 9.41. The van der Waals surface area contributed by atoms with Gasteiger partial charge in [0.25, 0.3) is 0 Å². The van der Waals surface area contributed by atoms with Crippen LogP contribution in [-0.4, -0.2) is 0 Å². The molecule has 2 rings (SSSR count). The summed E-state index contributed by atoms with van der Waals surface area (Å²) >= 11 is 8.83. The van der Waals surface area contributed by atoms with Crippen molar-refractivity contribution in [1.82, 2.24) is 0 Å². The maximum Gasteiger partial charge on any atom is 0.0701 e. The predicted molar refractivity (Wildman–Crippen MR) is 81.5 cm³/mol. The summed E-state index contributed by atoms with van der Waals surface area (Å²) in [5.41, 5.74) is 8.67. The topological polar surface area (TPSA) is 26.0 Å². The lowest BCUT2D eigenvalue weighted by Crippen LogP contribution is -2.13. The second-order valence-electron chi connectivity index (χ2n) is 3.99. The molecule has 0 bridgehead atoms. The van der Waals surface area contributed by atoms with Gasteiger partial charge in [-0.25, -0.2) is 0 Å². The molecule has 1 nitrogen and oxygen atoms in total. The third-order valence-electron chi connectivity index (χ3n) is 2.67.